The first-order valence-corrected chi connectivity index (χ1v) is 12.4. The van der Waals surface area contributed by atoms with Crippen molar-refractivity contribution in [2.45, 2.75) is 82.6 Å². The number of nitrogens with two attached hydrogens (primary N) is 1. The number of rotatable bonds is 11. The standard InChI is InChI=1S/C26H38N2O6/c1-16(12-22(30)25(32)19(27)13-17-8-4-2-5-9-17)24-21(29)14-20(26(24)33)28-23(31)15-34-18-10-6-3-7-11-18/h3,6-7,10-11,16-17,19-20,22,24-25,30,32H,2,4-5,8-9,12-15,27H2,1H3,(H,28,31)/t16?,19-,20-,22+,24?,25?/m0/s1. The van der Waals surface area contributed by atoms with Crippen LogP contribution in [0.15, 0.2) is 30.3 Å². The van der Waals surface area contributed by atoms with Gasteiger partial charge in [-0.3, -0.25) is 14.4 Å². The van der Waals surface area contributed by atoms with E-state index in [0.29, 0.717) is 18.1 Å². The summed E-state index contributed by atoms with van der Waals surface area (Å²) < 4.78 is 5.39. The quantitative estimate of drug-likeness (QED) is 0.358. The fraction of sp³-hybridized carbons (Fsp3) is 0.654. The maximum Gasteiger partial charge on any atom is 0.258 e. The Morgan fingerprint density at radius 1 is 1.15 bits per heavy atom. The summed E-state index contributed by atoms with van der Waals surface area (Å²) in [5.41, 5.74) is 6.18. The Morgan fingerprint density at radius 2 is 1.82 bits per heavy atom. The lowest BCUT2D eigenvalue weighted by Crippen LogP contribution is -2.46. The van der Waals surface area contributed by atoms with Gasteiger partial charge in [0.2, 0.25) is 0 Å². The molecule has 3 rings (SSSR count). The highest BCUT2D eigenvalue weighted by Gasteiger charge is 2.45. The van der Waals surface area contributed by atoms with Gasteiger partial charge in [0.1, 0.15) is 11.5 Å². The van der Waals surface area contributed by atoms with E-state index >= 15 is 0 Å². The Labute approximate surface area is 201 Å². The van der Waals surface area contributed by atoms with Crippen molar-refractivity contribution < 1.29 is 29.3 Å². The van der Waals surface area contributed by atoms with E-state index in [1.165, 1.54) is 19.3 Å². The highest BCUT2D eigenvalue weighted by atomic mass is 16.5. The van der Waals surface area contributed by atoms with Gasteiger partial charge in [-0.1, -0.05) is 57.2 Å². The lowest BCUT2D eigenvalue weighted by Gasteiger charge is -2.30. The van der Waals surface area contributed by atoms with Crippen molar-refractivity contribution in [2.75, 3.05) is 6.61 Å². The van der Waals surface area contributed by atoms with Crippen LogP contribution in [0, 0.1) is 17.8 Å². The first kappa shape index (κ1) is 26.3. The number of para-hydroxylation sites is 1. The first-order chi connectivity index (χ1) is 16.3. The molecule has 3 unspecified atom stereocenters. The molecule has 0 saturated heterocycles. The fourth-order valence-electron chi connectivity index (χ4n) is 5.31. The van der Waals surface area contributed by atoms with Crippen molar-refractivity contribution in [1.29, 1.82) is 0 Å². The Balaban J connectivity index is 1.47. The number of carbonyl (C=O) groups is 3. The van der Waals surface area contributed by atoms with Crippen LogP contribution in [0.2, 0.25) is 0 Å². The van der Waals surface area contributed by atoms with Gasteiger partial charge in [-0.05, 0) is 36.8 Å². The van der Waals surface area contributed by atoms with Crippen LogP contribution < -0.4 is 15.8 Å². The van der Waals surface area contributed by atoms with Crippen molar-refractivity contribution >= 4 is 17.5 Å². The van der Waals surface area contributed by atoms with Crippen molar-refractivity contribution in [3.8, 4) is 5.75 Å². The van der Waals surface area contributed by atoms with Gasteiger partial charge >= 0.3 is 0 Å². The third-order valence-electron chi connectivity index (χ3n) is 7.20. The van der Waals surface area contributed by atoms with Gasteiger partial charge in [0, 0.05) is 12.5 Å². The SMILES string of the molecule is CC(C[C@@H](O)C(O)[C@@H](N)CC1CCCCC1)C1C(=O)C[C@H](NC(=O)COc2ccccc2)C1=O. The molecular formula is C26H38N2O6. The number of hydrogen-bond acceptors (Lipinski definition) is 7. The minimum atomic E-state index is -1.12. The molecule has 0 spiro atoms. The van der Waals surface area contributed by atoms with E-state index in [1.54, 1.807) is 31.2 Å². The Bertz CT molecular complexity index is 826. The van der Waals surface area contributed by atoms with Crippen LogP contribution in [0.4, 0.5) is 0 Å². The number of ketones is 2. The number of Topliss-reactive ketones (excluding diaryl/α,β-unsaturated/α-hetero) is 2. The summed E-state index contributed by atoms with van der Waals surface area (Å²) in [5.74, 6) is -1.50. The molecule has 1 aromatic rings. The Morgan fingerprint density at radius 3 is 2.50 bits per heavy atom. The molecule has 0 aromatic heterocycles. The zero-order valence-electron chi connectivity index (χ0n) is 19.9. The second-order valence-corrected chi connectivity index (χ2v) is 9.95. The molecule has 1 amide bonds. The molecule has 6 atom stereocenters. The third kappa shape index (κ3) is 7.10. The molecule has 2 aliphatic rings. The van der Waals surface area contributed by atoms with Crippen LogP contribution in [-0.2, 0) is 14.4 Å². The molecule has 8 heteroatoms. The van der Waals surface area contributed by atoms with Crippen LogP contribution in [0.25, 0.3) is 0 Å². The third-order valence-corrected chi connectivity index (χ3v) is 7.20. The molecule has 34 heavy (non-hydrogen) atoms. The normalized spacial score (nSPS) is 24.9. The van der Waals surface area contributed by atoms with Gasteiger partial charge in [0.15, 0.2) is 12.4 Å². The van der Waals surface area contributed by atoms with Crippen molar-refractivity contribution in [3.05, 3.63) is 30.3 Å². The maximum absolute atomic E-state index is 12.9. The van der Waals surface area contributed by atoms with E-state index in [4.69, 9.17) is 10.5 Å². The first-order valence-electron chi connectivity index (χ1n) is 12.4. The largest absolute Gasteiger partial charge is 0.484 e. The van der Waals surface area contributed by atoms with E-state index < -0.39 is 42.0 Å². The average Bonchev–Trinajstić information content (AvgIpc) is 3.10. The molecule has 2 aliphatic carbocycles. The van der Waals surface area contributed by atoms with E-state index in [1.807, 2.05) is 6.07 Å². The van der Waals surface area contributed by atoms with Gasteiger partial charge < -0.3 is 26.0 Å². The molecule has 0 bridgehead atoms. The second kappa shape index (κ2) is 12.4. The summed E-state index contributed by atoms with van der Waals surface area (Å²) >= 11 is 0. The van der Waals surface area contributed by atoms with Crippen molar-refractivity contribution in [1.82, 2.24) is 5.32 Å². The van der Waals surface area contributed by atoms with Crippen molar-refractivity contribution in [2.24, 2.45) is 23.5 Å². The Kier molecular flexibility index (Phi) is 9.62. The Hall–Kier alpha value is -2.29. The molecule has 1 aromatic carbocycles. The summed E-state index contributed by atoms with van der Waals surface area (Å²) in [6, 6.07) is 7.39. The second-order valence-electron chi connectivity index (χ2n) is 9.95. The number of nitrogens with one attached hydrogen (secondary N) is 1. The predicted octanol–water partition coefficient (Wildman–Crippen LogP) is 1.75. The smallest absolute Gasteiger partial charge is 0.258 e. The van der Waals surface area contributed by atoms with Gasteiger partial charge in [-0.2, -0.15) is 0 Å². The summed E-state index contributed by atoms with van der Waals surface area (Å²) in [4.78, 5) is 37.7. The number of amides is 1. The van der Waals surface area contributed by atoms with E-state index in [0.717, 1.165) is 12.8 Å². The summed E-state index contributed by atoms with van der Waals surface area (Å²) in [5, 5.41) is 23.7. The summed E-state index contributed by atoms with van der Waals surface area (Å²) in [6.45, 7) is 1.46. The lowest BCUT2D eigenvalue weighted by molar-refractivity contribution is -0.132. The van der Waals surface area contributed by atoms with Crippen LogP contribution in [-0.4, -0.2) is 58.6 Å². The molecular weight excluding hydrogens is 436 g/mol. The van der Waals surface area contributed by atoms with Gasteiger partial charge in [-0.25, -0.2) is 0 Å². The van der Waals surface area contributed by atoms with Crippen LogP contribution in [0.5, 0.6) is 5.75 Å². The topological polar surface area (TPSA) is 139 Å². The molecule has 188 valence electrons. The van der Waals surface area contributed by atoms with Crippen LogP contribution >= 0.6 is 0 Å². The maximum atomic E-state index is 12.9. The van der Waals surface area contributed by atoms with Crippen LogP contribution in [0.3, 0.4) is 0 Å². The highest BCUT2D eigenvalue weighted by molar-refractivity contribution is 6.13. The molecule has 0 aliphatic heterocycles. The number of aliphatic hydroxyl groups excluding tert-OH is 2. The van der Waals surface area contributed by atoms with Crippen molar-refractivity contribution in [3.63, 3.8) is 0 Å². The molecule has 0 radical (unpaired) electrons. The van der Waals surface area contributed by atoms with E-state index in [2.05, 4.69) is 5.32 Å². The number of hydrogen-bond donors (Lipinski definition) is 4. The minimum absolute atomic E-state index is 0.0786. The van der Waals surface area contributed by atoms with Gasteiger partial charge in [-0.15, -0.1) is 0 Å². The molecule has 2 fully saturated rings. The molecule has 2 saturated carbocycles. The average molecular weight is 475 g/mol. The number of ether oxygens (including phenoxy) is 1. The summed E-state index contributed by atoms with van der Waals surface area (Å²) in [6.07, 6.45) is 4.22. The van der Waals surface area contributed by atoms with E-state index in [9.17, 15) is 24.6 Å². The molecule has 8 nitrogen and oxygen atoms in total. The molecule has 5 N–H and O–H groups in total. The summed E-state index contributed by atoms with van der Waals surface area (Å²) in [7, 11) is 0. The van der Waals surface area contributed by atoms with Gasteiger partial charge in [0.05, 0.1) is 24.2 Å². The number of aliphatic hydroxyl groups is 2. The zero-order valence-corrected chi connectivity index (χ0v) is 19.9. The number of carbonyl (C=O) groups excluding carboxylic acids is 3. The number of benzene rings is 1. The predicted molar refractivity (Wildman–Crippen MR) is 127 cm³/mol. The van der Waals surface area contributed by atoms with Gasteiger partial charge in [0.25, 0.3) is 5.91 Å². The van der Waals surface area contributed by atoms with E-state index in [-0.39, 0.29) is 31.0 Å². The minimum Gasteiger partial charge on any atom is -0.484 e. The zero-order chi connectivity index (χ0) is 24.7. The fourth-order valence-corrected chi connectivity index (χ4v) is 5.31. The monoisotopic (exact) mass is 474 g/mol. The molecule has 0 heterocycles. The van der Waals surface area contributed by atoms with Crippen LogP contribution in [0.1, 0.15) is 58.3 Å². The lowest BCUT2D eigenvalue weighted by atomic mass is 9.81. The highest BCUT2D eigenvalue weighted by Crippen LogP contribution is 2.31.